The van der Waals surface area contributed by atoms with E-state index in [-0.39, 0.29) is 19.1 Å². The quantitative estimate of drug-likeness (QED) is 0.473. The molecule has 0 aliphatic carbocycles. The molecule has 0 amide bonds. The largest absolute Gasteiger partial charge is 0.465 e. The molecule has 0 spiro atoms. The zero-order valence-electron chi connectivity index (χ0n) is 13.0. The van der Waals surface area contributed by atoms with Crippen molar-refractivity contribution >= 4 is 17.5 Å². The van der Waals surface area contributed by atoms with Gasteiger partial charge in [-0.05, 0) is 12.8 Å². The summed E-state index contributed by atoms with van der Waals surface area (Å²) in [6.45, 7) is 5.12. The second-order valence-electron chi connectivity index (χ2n) is 5.62. The molecule has 2 rings (SSSR count). The second kappa shape index (κ2) is 6.40. The van der Waals surface area contributed by atoms with Crippen LogP contribution in [0.25, 0.3) is 0 Å². The first-order valence-electron chi connectivity index (χ1n) is 7.38. The molecule has 1 aliphatic rings. The lowest BCUT2D eigenvalue weighted by atomic mass is 9.70. The van der Waals surface area contributed by atoms with Crippen molar-refractivity contribution in [3.8, 4) is 0 Å². The lowest BCUT2D eigenvalue weighted by Crippen LogP contribution is -2.53. The number of carbonyl (C=O) groups excluding carboxylic acids is 3. The van der Waals surface area contributed by atoms with Gasteiger partial charge in [0.2, 0.25) is 5.41 Å². The molecule has 1 aromatic carbocycles. The molecule has 5 heteroatoms. The topological polar surface area (TPSA) is 69.7 Å². The third-order valence-corrected chi connectivity index (χ3v) is 3.86. The van der Waals surface area contributed by atoms with Crippen molar-refractivity contribution in [2.75, 3.05) is 13.2 Å². The van der Waals surface area contributed by atoms with Crippen molar-refractivity contribution in [1.82, 2.24) is 0 Å². The maximum absolute atomic E-state index is 13.0. The summed E-state index contributed by atoms with van der Waals surface area (Å²) in [5, 5.41) is 0. The minimum Gasteiger partial charge on any atom is -0.465 e. The maximum Gasteiger partial charge on any atom is 0.330 e. The van der Waals surface area contributed by atoms with Gasteiger partial charge in [-0.15, -0.1) is 0 Å². The number of hydrogen-bond donors (Lipinski definition) is 0. The van der Waals surface area contributed by atoms with Gasteiger partial charge in [0.15, 0.2) is 11.6 Å². The first-order valence-corrected chi connectivity index (χ1v) is 7.38. The number of ketones is 2. The fraction of sp³-hybridized carbons (Fsp3) is 0.471. The van der Waals surface area contributed by atoms with E-state index >= 15 is 0 Å². The van der Waals surface area contributed by atoms with Crippen LogP contribution in [0.1, 0.15) is 31.1 Å². The first-order chi connectivity index (χ1) is 10.5. The average Bonchev–Trinajstić information content (AvgIpc) is 2.86. The predicted molar refractivity (Wildman–Crippen MR) is 79.4 cm³/mol. The van der Waals surface area contributed by atoms with Crippen LogP contribution < -0.4 is 0 Å². The molecule has 0 bridgehead atoms. The van der Waals surface area contributed by atoms with Crippen molar-refractivity contribution in [3.63, 3.8) is 0 Å². The average molecular weight is 304 g/mol. The van der Waals surface area contributed by atoms with Crippen molar-refractivity contribution in [2.45, 2.75) is 26.9 Å². The van der Waals surface area contributed by atoms with Gasteiger partial charge in [-0.25, -0.2) is 0 Å². The van der Waals surface area contributed by atoms with Gasteiger partial charge in [-0.1, -0.05) is 44.2 Å². The van der Waals surface area contributed by atoms with Gasteiger partial charge in [0.1, 0.15) is 6.61 Å². The van der Waals surface area contributed by atoms with E-state index in [0.717, 1.165) is 0 Å². The SMILES string of the molecule is CCOC(=O)C1(C(=O)c2ccccc2)C(=O)COC1C(C)C. The van der Waals surface area contributed by atoms with E-state index in [2.05, 4.69) is 0 Å². The first kappa shape index (κ1) is 16.4. The molecule has 2 unspecified atom stereocenters. The summed E-state index contributed by atoms with van der Waals surface area (Å²) in [6, 6.07) is 8.33. The monoisotopic (exact) mass is 304 g/mol. The van der Waals surface area contributed by atoms with Gasteiger partial charge in [-0.3, -0.25) is 14.4 Å². The summed E-state index contributed by atoms with van der Waals surface area (Å²) in [6.07, 6.45) is -0.813. The zero-order valence-corrected chi connectivity index (χ0v) is 13.0. The Morgan fingerprint density at radius 1 is 1.32 bits per heavy atom. The highest BCUT2D eigenvalue weighted by Gasteiger charge is 2.64. The lowest BCUT2D eigenvalue weighted by molar-refractivity contribution is -0.158. The Bertz CT molecular complexity index is 578. The Balaban J connectivity index is 2.57. The smallest absolute Gasteiger partial charge is 0.330 e. The molecule has 0 aromatic heterocycles. The van der Waals surface area contributed by atoms with Crippen molar-refractivity contribution < 1.29 is 23.9 Å². The molecule has 5 nitrogen and oxygen atoms in total. The molecule has 22 heavy (non-hydrogen) atoms. The molecular weight excluding hydrogens is 284 g/mol. The van der Waals surface area contributed by atoms with E-state index in [1.165, 1.54) is 0 Å². The van der Waals surface area contributed by atoms with E-state index in [4.69, 9.17) is 9.47 Å². The second-order valence-corrected chi connectivity index (χ2v) is 5.62. The van der Waals surface area contributed by atoms with Gasteiger partial charge in [0.05, 0.1) is 12.7 Å². The molecule has 1 saturated heterocycles. The van der Waals surface area contributed by atoms with Crippen LogP contribution in [-0.4, -0.2) is 36.9 Å². The highest BCUT2D eigenvalue weighted by Crippen LogP contribution is 2.40. The fourth-order valence-electron chi connectivity index (χ4n) is 2.90. The van der Waals surface area contributed by atoms with Gasteiger partial charge in [0, 0.05) is 5.56 Å². The third-order valence-electron chi connectivity index (χ3n) is 3.86. The molecule has 1 heterocycles. The van der Waals surface area contributed by atoms with Crippen LogP contribution >= 0.6 is 0 Å². The Kier molecular flexibility index (Phi) is 4.76. The van der Waals surface area contributed by atoms with E-state index < -0.39 is 29.1 Å². The predicted octanol–water partition coefficient (Wildman–Crippen LogP) is 2.04. The summed E-state index contributed by atoms with van der Waals surface area (Å²) in [7, 11) is 0. The number of rotatable bonds is 5. The summed E-state index contributed by atoms with van der Waals surface area (Å²) in [5.41, 5.74) is -1.59. The van der Waals surface area contributed by atoms with Crippen LogP contribution in [-0.2, 0) is 19.1 Å². The van der Waals surface area contributed by atoms with Crippen LogP contribution in [0, 0.1) is 11.3 Å². The maximum atomic E-state index is 13.0. The minimum atomic E-state index is -1.90. The number of benzene rings is 1. The number of hydrogen-bond acceptors (Lipinski definition) is 5. The van der Waals surface area contributed by atoms with Crippen molar-refractivity contribution in [3.05, 3.63) is 35.9 Å². The lowest BCUT2D eigenvalue weighted by Gasteiger charge is -2.31. The summed E-state index contributed by atoms with van der Waals surface area (Å²) in [4.78, 5) is 38.1. The molecule has 1 aliphatic heterocycles. The Hall–Kier alpha value is -2.01. The van der Waals surface area contributed by atoms with Crippen molar-refractivity contribution in [2.24, 2.45) is 11.3 Å². The highest BCUT2D eigenvalue weighted by molar-refractivity contribution is 6.28. The van der Waals surface area contributed by atoms with Gasteiger partial charge in [-0.2, -0.15) is 0 Å². The Morgan fingerprint density at radius 2 is 1.95 bits per heavy atom. The minimum absolute atomic E-state index is 0.0980. The van der Waals surface area contributed by atoms with Crippen LogP contribution in [0.3, 0.4) is 0 Å². The molecule has 0 radical (unpaired) electrons. The normalized spacial score (nSPS) is 24.5. The molecule has 0 saturated carbocycles. The number of Topliss-reactive ketones (excluding diaryl/α,β-unsaturated/α-hetero) is 2. The van der Waals surface area contributed by atoms with Gasteiger partial charge >= 0.3 is 5.97 Å². The van der Waals surface area contributed by atoms with Crippen LogP contribution in [0.4, 0.5) is 0 Å². The number of ether oxygens (including phenoxy) is 2. The third kappa shape index (κ3) is 2.46. The molecule has 1 aromatic rings. The Morgan fingerprint density at radius 3 is 2.50 bits per heavy atom. The fourth-order valence-corrected chi connectivity index (χ4v) is 2.90. The standard InChI is InChI=1S/C17H20O5/c1-4-21-16(20)17(13(18)10-22-15(17)11(2)3)14(19)12-8-6-5-7-9-12/h5-9,11,15H,4,10H2,1-3H3. The van der Waals surface area contributed by atoms with E-state index in [1.807, 2.05) is 13.8 Å². The van der Waals surface area contributed by atoms with E-state index in [9.17, 15) is 14.4 Å². The van der Waals surface area contributed by atoms with E-state index in [1.54, 1.807) is 37.3 Å². The molecule has 0 N–H and O–H groups in total. The number of esters is 1. The Labute approximate surface area is 129 Å². The van der Waals surface area contributed by atoms with Crippen molar-refractivity contribution in [1.29, 1.82) is 0 Å². The number of carbonyl (C=O) groups is 3. The highest BCUT2D eigenvalue weighted by atomic mass is 16.5. The van der Waals surface area contributed by atoms with Crippen LogP contribution in [0.5, 0.6) is 0 Å². The molecule has 1 fully saturated rings. The van der Waals surface area contributed by atoms with Crippen LogP contribution in [0.15, 0.2) is 30.3 Å². The summed E-state index contributed by atoms with van der Waals surface area (Å²) < 4.78 is 10.5. The van der Waals surface area contributed by atoms with Gasteiger partial charge < -0.3 is 9.47 Å². The summed E-state index contributed by atoms with van der Waals surface area (Å²) in [5.74, 6) is -2.07. The molecular formula is C17H20O5. The summed E-state index contributed by atoms with van der Waals surface area (Å²) >= 11 is 0. The zero-order chi connectivity index (χ0) is 16.3. The molecule has 2 atom stereocenters. The molecule has 118 valence electrons. The van der Waals surface area contributed by atoms with Crippen LogP contribution in [0.2, 0.25) is 0 Å². The van der Waals surface area contributed by atoms with E-state index in [0.29, 0.717) is 5.56 Å². The van der Waals surface area contributed by atoms with Gasteiger partial charge in [0.25, 0.3) is 0 Å².